The summed E-state index contributed by atoms with van der Waals surface area (Å²) in [7, 11) is 1.31. The predicted octanol–water partition coefficient (Wildman–Crippen LogP) is 4.88. The number of halogens is 4. The van der Waals surface area contributed by atoms with Crippen LogP contribution in [0.4, 0.5) is 23.2 Å². The zero-order valence-corrected chi connectivity index (χ0v) is 18.1. The molecule has 2 atom stereocenters. The molecule has 0 saturated heterocycles. The fraction of sp³-hybridized carbons (Fsp3) is 0.318. The summed E-state index contributed by atoms with van der Waals surface area (Å²) in [6.45, 7) is 1.67. The summed E-state index contributed by atoms with van der Waals surface area (Å²) in [5, 5.41) is 14.1. The molecular weight excluding hydrogens is 448 g/mol. The summed E-state index contributed by atoms with van der Waals surface area (Å²) >= 11 is 0.890. The van der Waals surface area contributed by atoms with Crippen LogP contribution < -0.4 is 15.6 Å². The Kier molecular flexibility index (Phi) is 7.04. The summed E-state index contributed by atoms with van der Waals surface area (Å²) in [6.07, 6.45) is -5.07. The minimum Gasteiger partial charge on any atom is -0.497 e. The molecular formula is C22H22F4N2O3S. The van der Waals surface area contributed by atoms with E-state index in [0.717, 1.165) is 23.9 Å². The quantitative estimate of drug-likeness (QED) is 0.410. The lowest BCUT2D eigenvalue weighted by Gasteiger charge is -2.39. The molecule has 1 heterocycles. The van der Waals surface area contributed by atoms with Crippen LogP contribution in [-0.2, 0) is 0 Å². The predicted molar refractivity (Wildman–Crippen MR) is 118 cm³/mol. The number of nitrogens with one attached hydrogen (secondary N) is 2. The number of aromatic amines is 1. The van der Waals surface area contributed by atoms with Gasteiger partial charge in [-0.2, -0.15) is 24.9 Å². The number of hydrogen-bond acceptors (Lipinski definition) is 5. The number of thioether (sulfide) groups is 1. The van der Waals surface area contributed by atoms with E-state index in [9.17, 15) is 27.5 Å². The number of H-pyrrole nitrogens is 1. The monoisotopic (exact) mass is 470 g/mol. The molecule has 5 nitrogen and oxygen atoms in total. The van der Waals surface area contributed by atoms with E-state index < -0.39 is 29.4 Å². The number of benzene rings is 2. The molecule has 0 spiro atoms. The van der Waals surface area contributed by atoms with Gasteiger partial charge in [-0.25, -0.2) is 4.39 Å². The Morgan fingerprint density at radius 1 is 1.19 bits per heavy atom. The van der Waals surface area contributed by atoms with E-state index in [1.165, 1.54) is 37.4 Å². The van der Waals surface area contributed by atoms with Gasteiger partial charge in [0.25, 0.3) is 0 Å². The van der Waals surface area contributed by atoms with Crippen molar-refractivity contribution in [1.29, 1.82) is 0 Å². The molecule has 0 fully saturated rings. The second kappa shape index (κ2) is 9.41. The molecule has 0 aliphatic heterocycles. The zero-order chi connectivity index (χ0) is 23.5. The molecule has 0 bridgehead atoms. The van der Waals surface area contributed by atoms with Crippen LogP contribution in [0, 0.1) is 5.82 Å². The summed E-state index contributed by atoms with van der Waals surface area (Å²) in [6, 6.07) is 8.88. The van der Waals surface area contributed by atoms with Crippen molar-refractivity contribution >= 4 is 28.4 Å². The lowest BCUT2D eigenvalue weighted by molar-refractivity contribution is -0.256. The molecule has 3 aromatic rings. The standard InChI is InChI=1S/C22H22F4N2O3S/c1-3-32-12-21(30,22(24,25)26)20(14-8-7-13(31-2)11-16(14)23)28-18-6-4-5-17-15(18)9-10-19(29)27-17/h4-11,20,28,30H,3,12H2,1-2H3,(H,27,29). The highest BCUT2D eigenvalue weighted by atomic mass is 32.2. The maximum Gasteiger partial charge on any atom is 0.420 e. The largest absolute Gasteiger partial charge is 0.497 e. The van der Waals surface area contributed by atoms with E-state index in [4.69, 9.17) is 4.74 Å². The number of fused-ring (bicyclic) bond motifs is 1. The fourth-order valence-corrected chi connectivity index (χ4v) is 4.22. The van der Waals surface area contributed by atoms with Crippen LogP contribution in [0.1, 0.15) is 18.5 Å². The number of hydrogen-bond donors (Lipinski definition) is 3. The third-order valence-corrected chi connectivity index (χ3v) is 6.13. The van der Waals surface area contributed by atoms with Gasteiger partial charge in [-0.3, -0.25) is 4.79 Å². The molecule has 0 aliphatic carbocycles. The van der Waals surface area contributed by atoms with Crippen molar-refractivity contribution in [3.8, 4) is 5.75 Å². The number of ether oxygens (including phenoxy) is 1. The number of aliphatic hydroxyl groups is 1. The van der Waals surface area contributed by atoms with E-state index >= 15 is 0 Å². The van der Waals surface area contributed by atoms with Crippen molar-refractivity contribution in [2.45, 2.75) is 24.7 Å². The lowest BCUT2D eigenvalue weighted by atomic mass is 9.88. The van der Waals surface area contributed by atoms with Crippen molar-refractivity contribution in [2.75, 3.05) is 23.9 Å². The molecule has 0 aliphatic rings. The van der Waals surface area contributed by atoms with Crippen LogP contribution in [0.5, 0.6) is 5.75 Å². The maximum atomic E-state index is 14.9. The molecule has 172 valence electrons. The molecule has 32 heavy (non-hydrogen) atoms. The second-order valence-electron chi connectivity index (χ2n) is 7.11. The van der Waals surface area contributed by atoms with E-state index in [1.807, 2.05) is 0 Å². The first-order valence-corrected chi connectivity index (χ1v) is 10.8. The van der Waals surface area contributed by atoms with Gasteiger partial charge in [0.15, 0.2) is 5.60 Å². The third-order valence-electron chi connectivity index (χ3n) is 5.08. The van der Waals surface area contributed by atoms with E-state index in [2.05, 4.69) is 10.3 Å². The Balaban J connectivity index is 2.20. The molecule has 1 aromatic heterocycles. The highest BCUT2D eigenvalue weighted by Gasteiger charge is 2.59. The summed E-state index contributed by atoms with van der Waals surface area (Å²) in [5.41, 5.74) is -3.46. The second-order valence-corrected chi connectivity index (χ2v) is 8.39. The van der Waals surface area contributed by atoms with Crippen LogP contribution in [0.25, 0.3) is 10.9 Å². The molecule has 2 unspecified atom stereocenters. The van der Waals surface area contributed by atoms with Crippen molar-refractivity contribution in [2.24, 2.45) is 0 Å². The van der Waals surface area contributed by atoms with Gasteiger partial charge >= 0.3 is 6.18 Å². The van der Waals surface area contributed by atoms with Crippen LogP contribution in [-0.4, -0.2) is 40.5 Å². The van der Waals surface area contributed by atoms with Gasteiger partial charge < -0.3 is 20.1 Å². The van der Waals surface area contributed by atoms with Gasteiger partial charge in [-0.1, -0.05) is 19.1 Å². The van der Waals surface area contributed by atoms with Crippen LogP contribution in [0.3, 0.4) is 0 Å². The smallest absolute Gasteiger partial charge is 0.420 e. The number of methoxy groups -OCH3 is 1. The minimum atomic E-state index is -5.07. The average Bonchev–Trinajstić information content (AvgIpc) is 2.75. The number of alkyl halides is 3. The van der Waals surface area contributed by atoms with Crippen LogP contribution in [0.15, 0.2) is 53.3 Å². The normalized spacial score (nSPS) is 14.7. The molecule has 0 radical (unpaired) electrons. The van der Waals surface area contributed by atoms with E-state index in [0.29, 0.717) is 16.7 Å². The molecule has 3 rings (SSSR count). The average molecular weight is 470 g/mol. The van der Waals surface area contributed by atoms with Crippen molar-refractivity contribution in [3.05, 3.63) is 70.3 Å². The van der Waals surface area contributed by atoms with Crippen LogP contribution in [0.2, 0.25) is 0 Å². The summed E-state index contributed by atoms with van der Waals surface area (Å²) in [4.78, 5) is 14.2. The molecule has 3 N–H and O–H groups in total. The Bertz CT molecular complexity index is 1150. The fourth-order valence-electron chi connectivity index (χ4n) is 3.38. The van der Waals surface area contributed by atoms with Crippen molar-refractivity contribution in [1.82, 2.24) is 4.98 Å². The molecule has 0 saturated carbocycles. The minimum absolute atomic E-state index is 0.131. The first kappa shape index (κ1) is 23.9. The molecule has 0 amide bonds. The molecule has 10 heteroatoms. The van der Waals surface area contributed by atoms with E-state index in [1.54, 1.807) is 13.0 Å². The van der Waals surface area contributed by atoms with Gasteiger partial charge in [-0.05, 0) is 30.0 Å². The summed E-state index contributed by atoms with van der Waals surface area (Å²) < 4.78 is 62.5. The SMILES string of the molecule is CCSCC(O)(C(Nc1cccc2[nH]c(=O)ccc12)c1ccc(OC)cc1F)C(F)(F)F. The third kappa shape index (κ3) is 4.71. The lowest BCUT2D eigenvalue weighted by Crippen LogP contribution is -2.55. The topological polar surface area (TPSA) is 74.4 Å². The highest BCUT2D eigenvalue weighted by Crippen LogP contribution is 2.45. The Labute approximate surface area is 185 Å². The molecule has 2 aromatic carbocycles. The van der Waals surface area contributed by atoms with Crippen LogP contribution >= 0.6 is 11.8 Å². The Morgan fingerprint density at radius 3 is 2.56 bits per heavy atom. The number of pyridine rings is 1. The van der Waals surface area contributed by atoms with Gasteiger partial charge in [-0.15, -0.1) is 0 Å². The Morgan fingerprint density at radius 2 is 1.94 bits per heavy atom. The Hall–Kier alpha value is -2.72. The highest BCUT2D eigenvalue weighted by molar-refractivity contribution is 7.99. The number of rotatable bonds is 8. The first-order chi connectivity index (χ1) is 15.1. The number of aromatic nitrogens is 1. The van der Waals surface area contributed by atoms with Crippen molar-refractivity contribution < 1.29 is 27.4 Å². The first-order valence-electron chi connectivity index (χ1n) is 9.69. The van der Waals surface area contributed by atoms with Gasteiger partial charge in [0.1, 0.15) is 11.6 Å². The van der Waals surface area contributed by atoms with Gasteiger partial charge in [0.05, 0.1) is 18.7 Å². The van der Waals surface area contributed by atoms with Gasteiger partial charge in [0.2, 0.25) is 5.56 Å². The zero-order valence-electron chi connectivity index (χ0n) is 17.3. The maximum absolute atomic E-state index is 14.9. The summed E-state index contributed by atoms with van der Waals surface area (Å²) in [5.74, 6) is -1.21. The number of anilines is 1. The van der Waals surface area contributed by atoms with Gasteiger partial charge in [0, 0.05) is 34.5 Å². The van der Waals surface area contributed by atoms with Crippen molar-refractivity contribution in [3.63, 3.8) is 0 Å². The van der Waals surface area contributed by atoms with E-state index in [-0.39, 0.29) is 22.6 Å².